The minimum atomic E-state index is -4.09. The Bertz CT molecular complexity index is 1380. The second-order valence-electron chi connectivity index (χ2n) is 8.12. The van der Waals surface area contributed by atoms with Gasteiger partial charge in [-0.05, 0) is 61.4 Å². The Kier molecular flexibility index (Phi) is 7.35. The van der Waals surface area contributed by atoms with E-state index in [0.717, 1.165) is 22.0 Å². The fraction of sp³-hybridized carbons (Fsp3) is 0.200. The van der Waals surface area contributed by atoms with Crippen molar-refractivity contribution in [3.05, 3.63) is 82.3 Å². The SMILES string of the molecule is Cc1ccc(NC(=O)CN(c2ccc(Cl)c(Cl)c2)S(=O)(=O)c2ccccc2)cc1N1CCCC1=O. The Morgan fingerprint density at radius 3 is 2.43 bits per heavy atom. The third-order valence-electron chi connectivity index (χ3n) is 5.67. The Morgan fingerprint density at radius 2 is 1.77 bits per heavy atom. The van der Waals surface area contributed by atoms with Gasteiger partial charge >= 0.3 is 0 Å². The van der Waals surface area contributed by atoms with Gasteiger partial charge in [-0.15, -0.1) is 0 Å². The molecule has 0 saturated carbocycles. The largest absolute Gasteiger partial charge is 0.324 e. The number of carbonyl (C=O) groups is 2. The first-order valence-electron chi connectivity index (χ1n) is 10.9. The van der Waals surface area contributed by atoms with Crippen molar-refractivity contribution in [1.82, 2.24) is 0 Å². The minimum Gasteiger partial charge on any atom is -0.324 e. The topological polar surface area (TPSA) is 86.8 Å². The van der Waals surface area contributed by atoms with Gasteiger partial charge in [-0.1, -0.05) is 47.5 Å². The number of aryl methyl sites for hydroxylation is 1. The molecular formula is C25H23Cl2N3O4S. The average molecular weight is 532 g/mol. The maximum absolute atomic E-state index is 13.5. The van der Waals surface area contributed by atoms with Crippen molar-refractivity contribution in [3.63, 3.8) is 0 Å². The van der Waals surface area contributed by atoms with Gasteiger partial charge in [0, 0.05) is 24.3 Å². The van der Waals surface area contributed by atoms with Gasteiger partial charge in [0.1, 0.15) is 6.54 Å². The van der Waals surface area contributed by atoms with Crippen molar-refractivity contribution in [3.8, 4) is 0 Å². The molecule has 2 amide bonds. The number of carbonyl (C=O) groups excluding carboxylic acids is 2. The number of rotatable bonds is 7. The molecule has 4 rings (SSSR count). The highest BCUT2D eigenvalue weighted by Gasteiger charge is 2.28. The zero-order valence-electron chi connectivity index (χ0n) is 18.9. The van der Waals surface area contributed by atoms with E-state index in [0.29, 0.717) is 18.7 Å². The third-order valence-corrected chi connectivity index (χ3v) is 8.19. The van der Waals surface area contributed by atoms with E-state index in [1.807, 2.05) is 13.0 Å². The number of benzene rings is 3. The van der Waals surface area contributed by atoms with E-state index in [1.165, 1.54) is 30.3 Å². The van der Waals surface area contributed by atoms with E-state index < -0.39 is 22.5 Å². The Balaban J connectivity index is 1.63. The lowest BCUT2D eigenvalue weighted by Gasteiger charge is -2.25. The van der Waals surface area contributed by atoms with Crippen molar-refractivity contribution >= 4 is 62.1 Å². The van der Waals surface area contributed by atoms with Gasteiger partial charge in [-0.2, -0.15) is 0 Å². The zero-order chi connectivity index (χ0) is 25.2. The summed E-state index contributed by atoms with van der Waals surface area (Å²) in [6.45, 7) is 2.02. The Hall–Kier alpha value is -3.07. The average Bonchev–Trinajstić information content (AvgIpc) is 3.26. The minimum absolute atomic E-state index is 0.0315. The van der Waals surface area contributed by atoms with E-state index in [-0.39, 0.29) is 26.5 Å². The number of sulfonamides is 1. The molecule has 1 saturated heterocycles. The van der Waals surface area contributed by atoms with Gasteiger partial charge in [0.05, 0.1) is 20.6 Å². The molecule has 3 aromatic carbocycles. The lowest BCUT2D eigenvalue weighted by Crippen LogP contribution is -2.38. The number of hydrogen-bond donors (Lipinski definition) is 1. The summed E-state index contributed by atoms with van der Waals surface area (Å²) in [6, 6.07) is 17.5. The van der Waals surface area contributed by atoms with E-state index in [1.54, 1.807) is 35.2 Å². The fourth-order valence-corrected chi connectivity index (χ4v) is 5.61. The fourth-order valence-electron chi connectivity index (χ4n) is 3.89. The second-order valence-corrected chi connectivity index (χ2v) is 10.8. The molecule has 1 N–H and O–H groups in total. The molecule has 0 atom stereocenters. The summed E-state index contributed by atoms with van der Waals surface area (Å²) < 4.78 is 27.9. The first kappa shape index (κ1) is 25.0. The highest BCUT2D eigenvalue weighted by Crippen LogP contribution is 2.31. The predicted molar refractivity (Wildman–Crippen MR) is 139 cm³/mol. The van der Waals surface area contributed by atoms with E-state index in [2.05, 4.69) is 5.32 Å². The van der Waals surface area contributed by atoms with Gasteiger partial charge in [-0.3, -0.25) is 13.9 Å². The summed E-state index contributed by atoms with van der Waals surface area (Å²) in [5.41, 5.74) is 2.29. The molecule has 1 heterocycles. The summed E-state index contributed by atoms with van der Waals surface area (Å²) in [5.74, 6) is -0.519. The van der Waals surface area contributed by atoms with Crippen LogP contribution in [0.25, 0.3) is 0 Å². The van der Waals surface area contributed by atoms with Crippen molar-refractivity contribution < 1.29 is 18.0 Å². The standard InChI is InChI=1S/C25H23Cl2N3O4S/c1-17-9-10-18(14-23(17)29-13-5-8-25(29)32)28-24(31)16-30(19-11-12-21(26)22(27)15-19)35(33,34)20-6-3-2-4-7-20/h2-4,6-7,9-12,14-15H,5,8,13,16H2,1H3,(H,28,31). The summed E-state index contributed by atoms with van der Waals surface area (Å²) in [4.78, 5) is 27.0. The first-order chi connectivity index (χ1) is 16.7. The number of anilines is 3. The number of halogens is 2. The molecule has 1 fully saturated rings. The van der Waals surface area contributed by atoms with Gasteiger partial charge in [0.15, 0.2) is 0 Å². The molecule has 35 heavy (non-hydrogen) atoms. The molecule has 1 aliphatic heterocycles. The molecule has 0 radical (unpaired) electrons. The first-order valence-corrected chi connectivity index (χ1v) is 13.1. The summed E-state index contributed by atoms with van der Waals surface area (Å²) in [7, 11) is -4.09. The predicted octanol–water partition coefficient (Wildman–Crippen LogP) is 5.26. The second kappa shape index (κ2) is 10.3. The Labute approximate surface area is 214 Å². The van der Waals surface area contributed by atoms with Crippen LogP contribution in [0, 0.1) is 6.92 Å². The van der Waals surface area contributed by atoms with Crippen LogP contribution < -0.4 is 14.5 Å². The molecule has 0 bridgehead atoms. The lowest BCUT2D eigenvalue weighted by atomic mass is 10.1. The molecule has 0 unspecified atom stereocenters. The molecule has 10 heteroatoms. The molecule has 0 aliphatic carbocycles. The quantitative estimate of drug-likeness (QED) is 0.450. The van der Waals surface area contributed by atoms with Crippen LogP contribution in [0.15, 0.2) is 71.6 Å². The number of hydrogen-bond acceptors (Lipinski definition) is 4. The summed E-state index contributed by atoms with van der Waals surface area (Å²) in [6.07, 6.45) is 1.27. The van der Waals surface area contributed by atoms with Crippen LogP contribution in [0.5, 0.6) is 0 Å². The molecule has 0 spiro atoms. The molecule has 1 aliphatic rings. The van der Waals surface area contributed by atoms with Crippen LogP contribution in [0.3, 0.4) is 0 Å². The van der Waals surface area contributed by atoms with Crippen LogP contribution >= 0.6 is 23.2 Å². The highest BCUT2D eigenvalue weighted by atomic mass is 35.5. The number of amides is 2. The van der Waals surface area contributed by atoms with Crippen LogP contribution in [-0.2, 0) is 19.6 Å². The summed E-state index contributed by atoms with van der Waals surface area (Å²) in [5, 5.41) is 3.18. The summed E-state index contributed by atoms with van der Waals surface area (Å²) >= 11 is 12.2. The van der Waals surface area contributed by atoms with E-state index >= 15 is 0 Å². The van der Waals surface area contributed by atoms with Crippen LogP contribution in [-0.4, -0.2) is 33.3 Å². The van der Waals surface area contributed by atoms with Crippen molar-refractivity contribution in [2.24, 2.45) is 0 Å². The van der Waals surface area contributed by atoms with Crippen molar-refractivity contribution in [2.75, 3.05) is 27.6 Å². The lowest BCUT2D eigenvalue weighted by molar-refractivity contribution is -0.117. The Morgan fingerprint density at radius 1 is 1.03 bits per heavy atom. The van der Waals surface area contributed by atoms with Gasteiger partial charge in [0.2, 0.25) is 11.8 Å². The normalized spacial score (nSPS) is 13.7. The number of nitrogens with zero attached hydrogens (tertiary/aromatic N) is 2. The van der Waals surface area contributed by atoms with E-state index in [4.69, 9.17) is 23.2 Å². The molecule has 182 valence electrons. The maximum Gasteiger partial charge on any atom is 0.264 e. The van der Waals surface area contributed by atoms with Crippen LogP contribution in [0.1, 0.15) is 18.4 Å². The monoisotopic (exact) mass is 531 g/mol. The molecule has 0 aromatic heterocycles. The van der Waals surface area contributed by atoms with E-state index in [9.17, 15) is 18.0 Å². The molecule has 7 nitrogen and oxygen atoms in total. The van der Waals surface area contributed by atoms with Gasteiger partial charge in [0.25, 0.3) is 10.0 Å². The van der Waals surface area contributed by atoms with Gasteiger partial charge in [-0.25, -0.2) is 8.42 Å². The van der Waals surface area contributed by atoms with Crippen molar-refractivity contribution in [1.29, 1.82) is 0 Å². The molecule has 3 aromatic rings. The van der Waals surface area contributed by atoms with Crippen LogP contribution in [0.4, 0.5) is 17.1 Å². The maximum atomic E-state index is 13.5. The number of nitrogens with one attached hydrogen (secondary N) is 1. The van der Waals surface area contributed by atoms with Gasteiger partial charge < -0.3 is 10.2 Å². The third kappa shape index (κ3) is 5.45. The van der Waals surface area contributed by atoms with Crippen molar-refractivity contribution in [2.45, 2.75) is 24.7 Å². The highest BCUT2D eigenvalue weighted by molar-refractivity contribution is 7.92. The molecular weight excluding hydrogens is 509 g/mol. The van der Waals surface area contributed by atoms with Crippen LogP contribution in [0.2, 0.25) is 10.0 Å². The zero-order valence-corrected chi connectivity index (χ0v) is 21.2. The smallest absolute Gasteiger partial charge is 0.264 e.